The number of nitrogens with zero attached hydrogens (tertiary/aromatic N) is 1. The van der Waals surface area contributed by atoms with Gasteiger partial charge in [-0.25, -0.2) is 8.42 Å². The van der Waals surface area contributed by atoms with Crippen molar-refractivity contribution < 1.29 is 22.8 Å². The summed E-state index contributed by atoms with van der Waals surface area (Å²) in [6.45, 7) is 3.00. The van der Waals surface area contributed by atoms with Crippen LogP contribution in [0.15, 0.2) is 48.5 Å². The molecule has 1 atom stereocenters. The molecule has 8 nitrogen and oxygen atoms in total. The topological polar surface area (TPSA) is 113 Å². The Morgan fingerprint density at radius 1 is 1.13 bits per heavy atom. The molecule has 1 aliphatic heterocycles. The van der Waals surface area contributed by atoms with E-state index in [0.29, 0.717) is 29.0 Å². The van der Waals surface area contributed by atoms with Crippen molar-refractivity contribution in [3.05, 3.63) is 54.1 Å². The predicted molar refractivity (Wildman–Crippen MR) is 115 cm³/mol. The molecule has 2 N–H and O–H groups in total. The van der Waals surface area contributed by atoms with Gasteiger partial charge in [-0.15, -0.1) is 0 Å². The number of carbonyl (C=O) groups is 3. The maximum absolute atomic E-state index is 12.9. The quantitative estimate of drug-likeness (QED) is 0.732. The van der Waals surface area contributed by atoms with E-state index in [4.69, 9.17) is 0 Å². The smallest absolute Gasteiger partial charge is 0.258 e. The first-order valence-electron chi connectivity index (χ1n) is 9.56. The molecule has 2 aromatic carbocycles. The van der Waals surface area contributed by atoms with E-state index < -0.39 is 21.0 Å². The van der Waals surface area contributed by atoms with Gasteiger partial charge in [0.15, 0.2) is 9.84 Å². The summed E-state index contributed by atoms with van der Waals surface area (Å²) in [6.07, 6.45) is 0.439. The van der Waals surface area contributed by atoms with Gasteiger partial charge in [-0.2, -0.15) is 0 Å². The third-order valence-electron chi connectivity index (χ3n) is 4.81. The third kappa shape index (κ3) is 4.51. The Hall–Kier alpha value is -3.20. The number of benzene rings is 2. The Labute approximate surface area is 175 Å². The molecule has 1 heterocycles. The number of rotatable bonds is 6. The summed E-state index contributed by atoms with van der Waals surface area (Å²) in [7, 11) is -3.51. The summed E-state index contributed by atoms with van der Waals surface area (Å²) < 4.78 is 24.1. The zero-order valence-electron chi connectivity index (χ0n) is 16.7. The molecule has 0 fully saturated rings. The lowest BCUT2D eigenvalue weighted by Gasteiger charge is -2.29. The molecule has 2 aromatic rings. The molecule has 1 aliphatic rings. The average molecular weight is 429 g/mol. The van der Waals surface area contributed by atoms with Crippen LogP contribution >= 0.6 is 0 Å². The van der Waals surface area contributed by atoms with Gasteiger partial charge < -0.3 is 10.6 Å². The second-order valence-corrected chi connectivity index (χ2v) is 9.47. The van der Waals surface area contributed by atoms with Crippen molar-refractivity contribution in [3.8, 4) is 0 Å². The summed E-state index contributed by atoms with van der Waals surface area (Å²) in [5.74, 6) is -1.31. The first-order chi connectivity index (χ1) is 14.2. The highest BCUT2D eigenvalue weighted by atomic mass is 32.2. The molecule has 1 unspecified atom stereocenters. The number of para-hydroxylation sites is 2. The maximum Gasteiger partial charge on any atom is 0.258 e. The third-order valence-corrected chi connectivity index (χ3v) is 7.08. The van der Waals surface area contributed by atoms with Gasteiger partial charge in [0.2, 0.25) is 11.8 Å². The van der Waals surface area contributed by atoms with Crippen molar-refractivity contribution in [2.45, 2.75) is 25.5 Å². The second-order valence-electron chi connectivity index (χ2n) is 7.03. The summed E-state index contributed by atoms with van der Waals surface area (Å²) in [6, 6.07) is 13.1. The fourth-order valence-corrected chi connectivity index (χ4v) is 4.44. The summed E-state index contributed by atoms with van der Waals surface area (Å²) in [5, 5.41) is 4.13. The van der Waals surface area contributed by atoms with Crippen molar-refractivity contribution in [3.63, 3.8) is 0 Å². The standard InChI is InChI=1S/C21H23N3O5S/c1-3-12-30(28,29)14(2)20(26)22-16-10-8-15(9-11-16)21(27)24-13-19(25)23-17-6-4-5-7-18(17)24/h4-11,14H,3,12-13H2,1-2H3,(H,22,26)(H,23,25). The van der Waals surface area contributed by atoms with Crippen LogP contribution in [0.5, 0.6) is 0 Å². The predicted octanol–water partition coefficient (Wildman–Crippen LogP) is 2.44. The molecule has 0 aliphatic carbocycles. The van der Waals surface area contributed by atoms with Crippen LogP contribution in [0.4, 0.5) is 17.1 Å². The van der Waals surface area contributed by atoms with Gasteiger partial charge >= 0.3 is 0 Å². The first kappa shape index (κ1) is 21.5. The highest BCUT2D eigenvalue weighted by Crippen LogP contribution is 2.30. The molecule has 0 saturated heterocycles. The van der Waals surface area contributed by atoms with Crippen LogP contribution in [0.3, 0.4) is 0 Å². The molecule has 3 amide bonds. The molecule has 0 radical (unpaired) electrons. The fourth-order valence-electron chi connectivity index (χ4n) is 3.13. The van der Waals surface area contributed by atoms with Crippen molar-refractivity contribution >= 4 is 44.6 Å². The number of nitrogens with one attached hydrogen (secondary N) is 2. The van der Waals surface area contributed by atoms with Gasteiger partial charge in [0.1, 0.15) is 11.8 Å². The minimum atomic E-state index is -3.51. The van der Waals surface area contributed by atoms with E-state index >= 15 is 0 Å². The summed E-state index contributed by atoms with van der Waals surface area (Å²) in [4.78, 5) is 38.5. The molecule has 0 saturated carbocycles. The van der Waals surface area contributed by atoms with Crippen molar-refractivity contribution in [2.75, 3.05) is 27.8 Å². The number of hydrogen-bond donors (Lipinski definition) is 2. The minimum Gasteiger partial charge on any atom is -0.325 e. The molecular weight excluding hydrogens is 406 g/mol. The zero-order valence-corrected chi connectivity index (χ0v) is 17.5. The van der Waals surface area contributed by atoms with Crippen LogP contribution in [0.1, 0.15) is 30.6 Å². The van der Waals surface area contributed by atoms with Gasteiger partial charge in [0, 0.05) is 11.3 Å². The molecule has 0 bridgehead atoms. The maximum atomic E-state index is 12.9. The monoisotopic (exact) mass is 429 g/mol. The van der Waals surface area contributed by atoms with Crippen LogP contribution in [0.25, 0.3) is 0 Å². The van der Waals surface area contributed by atoms with E-state index in [1.807, 2.05) is 0 Å². The molecule has 0 spiro atoms. The van der Waals surface area contributed by atoms with E-state index in [1.54, 1.807) is 31.2 Å². The Kier molecular flexibility index (Phi) is 6.21. The number of anilines is 3. The van der Waals surface area contributed by atoms with Crippen LogP contribution in [-0.4, -0.2) is 43.7 Å². The Morgan fingerprint density at radius 2 is 1.80 bits per heavy atom. The van der Waals surface area contributed by atoms with E-state index in [-0.39, 0.29) is 24.1 Å². The molecule has 158 valence electrons. The number of amides is 3. The largest absolute Gasteiger partial charge is 0.325 e. The van der Waals surface area contributed by atoms with Crippen LogP contribution in [0, 0.1) is 0 Å². The van der Waals surface area contributed by atoms with Crippen LogP contribution in [-0.2, 0) is 19.4 Å². The summed E-state index contributed by atoms with van der Waals surface area (Å²) in [5.41, 5.74) is 1.89. The molecular formula is C21H23N3O5S. The van der Waals surface area contributed by atoms with E-state index in [2.05, 4.69) is 10.6 Å². The SMILES string of the molecule is CCCS(=O)(=O)C(C)C(=O)Nc1ccc(C(=O)N2CC(=O)Nc3ccccc32)cc1. The first-order valence-corrected chi connectivity index (χ1v) is 11.3. The Bertz CT molecular complexity index is 1080. The number of fused-ring (bicyclic) bond motifs is 1. The lowest BCUT2D eigenvalue weighted by atomic mass is 10.1. The normalized spacial score (nSPS) is 14.5. The lowest BCUT2D eigenvalue weighted by molar-refractivity contribution is -0.116. The highest BCUT2D eigenvalue weighted by Gasteiger charge is 2.28. The van der Waals surface area contributed by atoms with E-state index in [1.165, 1.54) is 36.1 Å². The van der Waals surface area contributed by atoms with Gasteiger partial charge in [0.25, 0.3) is 5.91 Å². The van der Waals surface area contributed by atoms with E-state index in [0.717, 1.165) is 0 Å². The summed E-state index contributed by atoms with van der Waals surface area (Å²) >= 11 is 0. The van der Waals surface area contributed by atoms with Crippen molar-refractivity contribution in [1.82, 2.24) is 0 Å². The second kappa shape index (κ2) is 8.66. The number of hydrogen-bond acceptors (Lipinski definition) is 5. The number of carbonyl (C=O) groups excluding carboxylic acids is 3. The van der Waals surface area contributed by atoms with Crippen molar-refractivity contribution in [1.29, 1.82) is 0 Å². The lowest BCUT2D eigenvalue weighted by Crippen LogP contribution is -2.42. The Balaban J connectivity index is 1.74. The average Bonchev–Trinajstić information content (AvgIpc) is 2.72. The highest BCUT2D eigenvalue weighted by molar-refractivity contribution is 7.92. The molecule has 9 heteroatoms. The van der Waals surface area contributed by atoms with Gasteiger partial charge in [-0.3, -0.25) is 19.3 Å². The minimum absolute atomic E-state index is 0.0556. The molecule has 3 rings (SSSR count). The van der Waals surface area contributed by atoms with Gasteiger partial charge in [0.05, 0.1) is 17.1 Å². The molecule has 0 aromatic heterocycles. The fraction of sp³-hybridized carbons (Fsp3) is 0.286. The molecule has 30 heavy (non-hydrogen) atoms. The Morgan fingerprint density at radius 3 is 2.47 bits per heavy atom. The van der Waals surface area contributed by atoms with Crippen molar-refractivity contribution in [2.24, 2.45) is 0 Å². The zero-order chi connectivity index (χ0) is 21.9. The van der Waals surface area contributed by atoms with Crippen LogP contribution < -0.4 is 15.5 Å². The number of sulfone groups is 1. The van der Waals surface area contributed by atoms with Gasteiger partial charge in [-0.1, -0.05) is 19.1 Å². The van der Waals surface area contributed by atoms with Gasteiger partial charge in [-0.05, 0) is 49.7 Å². The van der Waals surface area contributed by atoms with E-state index in [9.17, 15) is 22.8 Å². The van der Waals surface area contributed by atoms with Crippen LogP contribution in [0.2, 0.25) is 0 Å².